The molecule has 6 N–H and O–H groups in total. The summed E-state index contributed by atoms with van der Waals surface area (Å²) < 4.78 is 0. The van der Waals surface area contributed by atoms with Crippen LogP contribution >= 0.6 is 0 Å². The van der Waals surface area contributed by atoms with Crippen LogP contribution in [0.3, 0.4) is 0 Å². The number of hydrogen-bond acceptors (Lipinski definition) is 4. The summed E-state index contributed by atoms with van der Waals surface area (Å²) in [7, 11) is 0. The molecule has 0 aliphatic carbocycles. The summed E-state index contributed by atoms with van der Waals surface area (Å²) >= 11 is 0. The van der Waals surface area contributed by atoms with Gasteiger partial charge in [-0.25, -0.2) is 0 Å². The van der Waals surface area contributed by atoms with Crippen molar-refractivity contribution in [2.45, 2.75) is 18.6 Å². The van der Waals surface area contributed by atoms with E-state index in [0.717, 1.165) is 0 Å². The Kier molecular flexibility index (Phi) is 3.88. The van der Waals surface area contributed by atoms with Crippen LogP contribution in [-0.4, -0.2) is 22.9 Å². The van der Waals surface area contributed by atoms with E-state index < -0.39 is 12.2 Å². The van der Waals surface area contributed by atoms with Crippen molar-refractivity contribution in [1.29, 1.82) is 0 Å². The van der Waals surface area contributed by atoms with Crippen molar-refractivity contribution < 1.29 is 10.2 Å². The predicted molar refractivity (Wildman–Crippen MR) is 55.5 cm³/mol. The van der Waals surface area contributed by atoms with Crippen molar-refractivity contribution >= 4 is 5.69 Å². The number of nitrogens with two attached hydrogens (primary N) is 2. The van der Waals surface area contributed by atoms with Crippen LogP contribution in [-0.2, 0) is 0 Å². The maximum absolute atomic E-state index is 9.66. The molecule has 0 heterocycles. The fraction of sp³-hybridized carbons (Fsp3) is 0.400. The monoisotopic (exact) mass is 196 g/mol. The fourth-order valence-corrected chi connectivity index (χ4v) is 1.24. The topological polar surface area (TPSA) is 92.5 Å². The lowest BCUT2D eigenvalue weighted by atomic mass is 10.0. The van der Waals surface area contributed by atoms with Crippen molar-refractivity contribution in [3.8, 4) is 0 Å². The second-order valence-electron chi connectivity index (χ2n) is 3.26. The molecule has 0 amide bonds. The normalized spacial score (nSPS) is 15.1. The van der Waals surface area contributed by atoms with Crippen molar-refractivity contribution in [1.82, 2.24) is 0 Å². The van der Waals surface area contributed by atoms with Crippen LogP contribution in [0.2, 0.25) is 0 Å². The van der Waals surface area contributed by atoms with Crippen molar-refractivity contribution in [2.75, 3.05) is 12.3 Å². The third-order valence-electron chi connectivity index (χ3n) is 2.10. The molecule has 1 rings (SSSR count). The lowest BCUT2D eigenvalue weighted by molar-refractivity contribution is 0.0150. The maximum Gasteiger partial charge on any atom is 0.105 e. The van der Waals surface area contributed by atoms with Crippen molar-refractivity contribution in [2.24, 2.45) is 5.73 Å². The maximum atomic E-state index is 9.66. The second kappa shape index (κ2) is 4.95. The summed E-state index contributed by atoms with van der Waals surface area (Å²) in [6.07, 6.45) is -1.33. The molecule has 4 nitrogen and oxygen atoms in total. The van der Waals surface area contributed by atoms with Gasteiger partial charge in [-0.15, -0.1) is 0 Å². The first-order valence-electron chi connectivity index (χ1n) is 4.56. The van der Waals surface area contributed by atoms with E-state index in [1.807, 2.05) is 0 Å². The van der Waals surface area contributed by atoms with Gasteiger partial charge < -0.3 is 21.7 Å². The Bertz CT molecular complexity index is 274. The van der Waals surface area contributed by atoms with E-state index in [0.29, 0.717) is 24.2 Å². The zero-order valence-electron chi connectivity index (χ0n) is 7.93. The Morgan fingerprint density at radius 2 is 1.71 bits per heavy atom. The average molecular weight is 196 g/mol. The van der Waals surface area contributed by atoms with Gasteiger partial charge >= 0.3 is 0 Å². The summed E-state index contributed by atoms with van der Waals surface area (Å²) in [5.41, 5.74) is 12.1. The van der Waals surface area contributed by atoms with E-state index in [-0.39, 0.29) is 0 Å². The van der Waals surface area contributed by atoms with Crippen LogP contribution in [0.1, 0.15) is 18.1 Å². The number of rotatable bonds is 4. The van der Waals surface area contributed by atoms with Crippen LogP contribution in [0.4, 0.5) is 5.69 Å². The number of anilines is 1. The van der Waals surface area contributed by atoms with Crippen LogP contribution in [0.15, 0.2) is 24.3 Å². The average Bonchev–Trinajstić information content (AvgIpc) is 2.18. The molecule has 1 aromatic rings. The Morgan fingerprint density at radius 1 is 1.14 bits per heavy atom. The number of hydrogen-bond donors (Lipinski definition) is 4. The summed E-state index contributed by atoms with van der Waals surface area (Å²) in [5, 5.41) is 19.1. The Hall–Kier alpha value is -1.10. The molecule has 14 heavy (non-hydrogen) atoms. The molecular formula is C10H16N2O2. The Labute approximate surface area is 83.2 Å². The largest absolute Gasteiger partial charge is 0.399 e. The first-order chi connectivity index (χ1) is 6.65. The molecule has 0 fully saturated rings. The van der Waals surface area contributed by atoms with Crippen molar-refractivity contribution in [3.63, 3.8) is 0 Å². The molecule has 2 atom stereocenters. The van der Waals surface area contributed by atoms with Crippen LogP contribution in [0.25, 0.3) is 0 Å². The second-order valence-corrected chi connectivity index (χ2v) is 3.26. The number of aliphatic hydroxyl groups is 2. The minimum absolute atomic E-state index is 0.354. The first kappa shape index (κ1) is 11.0. The van der Waals surface area contributed by atoms with Gasteiger partial charge in [-0.2, -0.15) is 0 Å². The fourth-order valence-electron chi connectivity index (χ4n) is 1.24. The summed E-state index contributed by atoms with van der Waals surface area (Å²) in [5.74, 6) is 0. The van der Waals surface area contributed by atoms with E-state index >= 15 is 0 Å². The lowest BCUT2D eigenvalue weighted by Crippen LogP contribution is -2.21. The molecule has 2 unspecified atom stereocenters. The van der Waals surface area contributed by atoms with Gasteiger partial charge in [-0.05, 0) is 30.7 Å². The molecule has 0 aliphatic rings. The first-order valence-corrected chi connectivity index (χ1v) is 4.56. The van der Waals surface area contributed by atoms with Gasteiger partial charge in [0.15, 0.2) is 0 Å². The van der Waals surface area contributed by atoms with E-state index in [1.54, 1.807) is 24.3 Å². The smallest absolute Gasteiger partial charge is 0.105 e. The van der Waals surface area contributed by atoms with E-state index in [2.05, 4.69) is 0 Å². The number of benzene rings is 1. The highest BCUT2D eigenvalue weighted by Crippen LogP contribution is 2.19. The molecular weight excluding hydrogens is 180 g/mol. The molecule has 0 saturated heterocycles. The van der Waals surface area contributed by atoms with Crippen LogP contribution in [0.5, 0.6) is 0 Å². The molecule has 78 valence electrons. The summed E-state index contributed by atoms with van der Waals surface area (Å²) in [6.45, 7) is 0.354. The van der Waals surface area contributed by atoms with Gasteiger partial charge in [0, 0.05) is 5.69 Å². The highest BCUT2D eigenvalue weighted by molar-refractivity contribution is 5.39. The third kappa shape index (κ3) is 2.70. The van der Waals surface area contributed by atoms with Crippen molar-refractivity contribution in [3.05, 3.63) is 29.8 Å². The molecule has 0 saturated carbocycles. The van der Waals surface area contributed by atoms with Crippen LogP contribution < -0.4 is 11.5 Å². The molecule has 0 spiro atoms. The third-order valence-corrected chi connectivity index (χ3v) is 2.10. The van der Waals surface area contributed by atoms with Gasteiger partial charge in [0.25, 0.3) is 0 Å². The van der Waals surface area contributed by atoms with E-state index in [1.165, 1.54) is 0 Å². The molecule has 0 aliphatic heterocycles. The Balaban J connectivity index is 2.68. The molecule has 4 heteroatoms. The molecule has 1 aromatic carbocycles. The van der Waals surface area contributed by atoms with Gasteiger partial charge in [0.05, 0.1) is 6.10 Å². The molecule has 0 aromatic heterocycles. The van der Waals surface area contributed by atoms with Gasteiger partial charge in [0.2, 0.25) is 0 Å². The molecule has 0 bridgehead atoms. The zero-order chi connectivity index (χ0) is 10.6. The van der Waals surface area contributed by atoms with Gasteiger partial charge in [-0.3, -0.25) is 0 Å². The highest BCUT2D eigenvalue weighted by atomic mass is 16.3. The number of nitrogen functional groups attached to an aromatic ring is 1. The van der Waals surface area contributed by atoms with Gasteiger partial charge in [0.1, 0.15) is 6.10 Å². The summed E-state index contributed by atoms with van der Waals surface area (Å²) in [4.78, 5) is 0. The minimum atomic E-state index is -0.890. The SMILES string of the molecule is NCCC(O)C(O)c1ccc(N)cc1. The van der Waals surface area contributed by atoms with E-state index in [4.69, 9.17) is 11.5 Å². The summed E-state index contributed by atoms with van der Waals surface area (Å²) in [6, 6.07) is 6.76. The standard InChI is InChI=1S/C10H16N2O2/c11-6-5-9(13)10(14)7-1-3-8(12)4-2-7/h1-4,9-10,13-14H,5-6,11-12H2. The lowest BCUT2D eigenvalue weighted by Gasteiger charge is -2.17. The van der Waals surface area contributed by atoms with Crippen LogP contribution in [0, 0.1) is 0 Å². The highest BCUT2D eigenvalue weighted by Gasteiger charge is 2.16. The zero-order valence-corrected chi connectivity index (χ0v) is 7.93. The molecule has 0 radical (unpaired) electrons. The quantitative estimate of drug-likeness (QED) is 0.510. The van der Waals surface area contributed by atoms with E-state index in [9.17, 15) is 10.2 Å². The predicted octanol–water partition coefficient (Wildman–Crippen LogP) is 0.0119. The Morgan fingerprint density at radius 3 is 2.21 bits per heavy atom. The van der Waals surface area contributed by atoms with Gasteiger partial charge in [-0.1, -0.05) is 12.1 Å². The minimum Gasteiger partial charge on any atom is -0.399 e. The number of aliphatic hydroxyl groups excluding tert-OH is 2.